The molecule has 2 N–H and O–H groups in total. The Morgan fingerprint density at radius 1 is 1.09 bits per heavy atom. The van der Waals surface area contributed by atoms with E-state index in [2.05, 4.69) is 20.8 Å². The van der Waals surface area contributed by atoms with Gasteiger partial charge in [0.05, 0.1) is 19.9 Å². The van der Waals surface area contributed by atoms with Crippen molar-refractivity contribution in [2.45, 2.75) is 19.9 Å². The lowest BCUT2D eigenvalue weighted by Crippen LogP contribution is -2.16. The second kappa shape index (κ2) is 7.44. The zero-order valence-corrected chi connectivity index (χ0v) is 13.6. The Morgan fingerprint density at radius 3 is 2.43 bits per heavy atom. The Balaban J connectivity index is 2.12. The summed E-state index contributed by atoms with van der Waals surface area (Å²) >= 11 is 0. The van der Waals surface area contributed by atoms with Gasteiger partial charge in [0, 0.05) is 12.1 Å². The molecule has 0 unspecified atom stereocenters. The quantitative estimate of drug-likeness (QED) is 0.852. The number of carbonyl (C=O) groups is 1. The van der Waals surface area contributed by atoms with Crippen molar-refractivity contribution in [1.82, 2.24) is 10.2 Å². The van der Waals surface area contributed by atoms with Gasteiger partial charge in [-0.1, -0.05) is 0 Å². The largest absolute Gasteiger partial charge is 0.497 e. The zero-order valence-electron chi connectivity index (χ0n) is 13.6. The summed E-state index contributed by atoms with van der Waals surface area (Å²) in [6, 6.07) is 8.71. The average molecular weight is 316 g/mol. The normalized spacial score (nSPS) is 10.3. The molecule has 7 nitrogen and oxygen atoms in total. The fourth-order valence-corrected chi connectivity index (χ4v) is 1.91. The van der Waals surface area contributed by atoms with Crippen molar-refractivity contribution in [1.29, 1.82) is 0 Å². The van der Waals surface area contributed by atoms with Crippen molar-refractivity contribution in [3.05, 3.63) is 36.0 Å². The number of rotatable bonds is 6. The molecular weight excluding hydrogens is 296 g/mol. The zero-order chi connectivity index (χ0) is 16.8. The summed E-state index contributed by atoms with van der Waals surface area (Å²) in [4.78, 5) is 12.2. The molecule has 1 aromatic heterocycles. The lowest BCUT2D eigenvalue weighted by atomic mass is 10.2. The molecule has 0 fully saturated rings. The summed E-state index contributed by atoms with van der Waals surface area (Å²) in [7, 11) is 3.09. The fraction of sp³-hybridized carbons (Fsp3) is 0.312. The van der Waals surface area contributed by atoms with E-state index in [1.165, 1.54) is 7.11 Å². The van der Waals surface area contributed by atoms with Crippen LogP contribution < -0.4 is 20.1 Å². The van der Waals surface area contributed by atoms with Crippen molar-refractivity contribution in [2.24, 2.45) is 0 Å². The topological polar surface area (TPSA) is 85.4 Å². The van der Waals surface area contributed by atoms with E-state index in [1.54, 1.807) is 37.4 Å². The van der Waals surface area contributed by atoms with Gasteiger partial charge in [0.2, 0.25) is 0 Å². The minimum atomic E-state index is -0.364. The molecule has 0 aliphatic heterocycles. The first-order valence-electron chi connectivity index (χ1n) is 7.17. The van der Waals surface area contributed by atoms with Gasteiger partial charge in [-0.3, -0.25) is 4.79 Å². The highest BCUT2D eigenvalue weighted by Crippen LogP contribution is 2.29. The number of carbonyl (C=O) groups excluding carboxylic acids is 1. The standard InChI is InChI=1S/C16H20N4O3/c1-10(2)17-15-8-7-13(19-20-15)16(21)18-12-6-5-11(22-3)9-14(12)23-4/h5-10H,1-4H3,(H,17,20)(H,18,21). The van der Waals surface area contributed by atoms with E-state index >= 15 is 0 Å². The van der Waals surface area contributed by atoms with Gasteiger partial charge < -0.3 is 20.1 Å². The molecule has 23 heavy (non-hydrogen) atoms. The van der Waals surface area contributed by atoms with Crippen LogP contribution in [-0.2, 0) is 0 Å². The summed E-state index contributed by atoms with van der Waals surface area (Å²) in [6.07, 6.45) is 0. The predicted octanol–water partition coefficient (Wildman–Crippen LogP) is 2.57. The molecule has 0 saturated carbocycles. The van der Waals surface area contributed by atoms with Crippen LogP contribution in [0.5, 0.6) is 11.5 Å². The summed E-state index contributed by atoms with van der Waals surface area (Å²) in [5.74, 6) is 1.41. The van der Waals surface area contributed by atoms with Crippen LogP contribution in [0.3, 0.4) is 0 Å². The van der Waals surface area contributed by atoms with E-state index in [-0.39, 0.29) is 17.6 Å². The molecule has 0 saturated heterocycles. The van der Waals surface area contributed by atoms with E-state index < -0.39 is 0 Å². The van der Waals surface area contributed by atoms with Gasteiger partial charge in [0.1, 0.15) is 17.3 Å². The van der Waals surface area contributed by atoms with E-state index in [0.29, 0.717) is 23.0 Å². The molecule has 0 aliphatic rings. The SMILES string of the molecule is COc1ccc(NC(=O)c2ccc(NC(C)C)nn2)c(OC)c1. The number of nitrogens with one attached hydrogen (secondary N) is 2. The number of anilines is 2. The molecule has 1 aromatic carbocycles. The van der Waals surface area contributed by atoms with Crippen LogP contribution in [0.1, 0.15) is 24.3 Å². The van der Waals surface area contributed by atoms with Gasteiger partial charge in [-0.25, -0.2) is 0 Å². The van der Waals surface area contributed by atoms with Crippen LogP contribution in [-0.4, -0.2) is 36.4 Å². The summed E-state index contributed by atoms with van der Waals surface area (Å²) in [5, 5.41) is 13.8. The molecule has 0 aliphatic carbocycles. The second-order valence-corrected chi connectivity index (χ2v) is 5.12. The maximum atomic E-state index is 12.2. The smallest absolute Gasteiger partial charge is 0.276 e. The number of ether oxygens (including phenoxy) is 2. The maximum absolute atomic E-state index is 12.2. The number of benzene rings is 1. The highest BCUT2D eigenvalue weighted by molar-refractivity contribution is 6.03. The highest BCUT2D eigenvalue weighted by Gasteiger charge is 2.12. The van der Waals surface area contributed by atoms with Crippen LogP contribution in [0.25, 0.3) is 0 Å². The number of aromatic nitrogens is 2. The van der Waals surface area contributed by atoms with Crippen LogP contribution in [0.2, 0.25) is 0 Å². The molecule has 2 aromatic rings. The molecule has 1 amide bonds. The third-order valence-electron chi connectivity index (χ3n) is 2.99. The molecule has 122 valence electrons. The lowest BCUT2D eigenvalue weighted by molar-refractivity contribution is 0.102. The summed E-state index contributed by atoms with van der Waals surface area (Å²) in [6.45, 7) is 4.00. The molecule has 0 bridgehead atoms. The molecule has 0 radical (unpaired) electrons. The number of hydrogen-bond acceptors (Lipinski definition) is 6. The van der Waals surface area contributed by atoms with Crippen LogP contribution in [0, 0.1) is 0 Å². The maximum Gasteiger partial charge on any atom is 0.276 e. The first kappa shape index (κ1) is 16.5. The van der Waals surface area contributed by atoms with Crippen molar-refractivity contribution in [2.75, 3.05) is 24.9 Å². The Kier molecular flexibility index (Phi) is 5.35. The molecule has 0 spiro atoms. The van der Waals surface area contributed by atoms with Crippen LogP contribution in [0.4, 0.5) is 11.5 Å². The number of amides is 1. The number of methoxy groups -OCH3 is 2. The van der Waals surface area contributed by atoms with Gasteiger partial charge in [-0.05, 0) is 38.1 Å². The lowest BCUT2D eigenvalue weighted by Gasteiger charge is -2.11. The first-order valence-corrected chi connectivity index (χ1v) is 7.17. The Labute approximate surface area is 135 Å². The van der Waals surface area contributed by atoms with E-state index in [4.69, 9.17) is 9.47 Å². The monoisotopic (exact) mass is 316 g/mol. The highest BCUT2D eigenvalue weighted by atomic mass is 16.5. The Morgan fingerprint density at radius 2 is 1.87 bits per heavy atom. The third-order valence-corrected chi connectivity index (χ3v) is 2.99. The van der Waals surface area contributed by atoms with Crippen molar-refractivity contribution in [3.8, 4) is 11.5 Å². The van der Waals surface area contributed by atoms with E-state index in [1.807, 2.05) is 13.8 Å². The molecule has 7 heteroatoms. The fourth-order valence-electron chi connectivity index (χ4n) is 1.91. The minimum Gasteiger partial charge on any atom is -0.497 e. The summed E-state index contributed by atoms with van der Waals surface area (Å²) in [5.41, 5.74) is 0.752. The van der Waals surface area contributed by atoms with Gasteiger partial charge in [0.25, 0.3) is 5.91 Å². The predicted molar refractivity (Wildman–Crippen MR) is 88.3 cm³/mol. The molecular formula is C16H20N4O3. The third kappa shape index (κ3) is 4.32. The number of hydrogen-bond donors (Lipinski definition) is 2. The van der Waals surface area contributed by atoms with E-state index in [9.17, 15) is 4.79 Å². The van der Waals surface area contributed by atoms with Crippen LogP contribution >= 0.6 is 0 Å². The molecule has 1 heterocycles. The van der Waals surface area contributed by atoms with Gasteiger partial charge >= 0.3 is 0 Å². The Hall–Kier alpha value is -2.83. The van der Waals surface area contributed by atoms with Crippen molar-refractivity contribution >= 4 is 17.4 Å². The Bertz CT molecular complexity index is 672. The van der Waals surface area contributed by atoms with Crippen molar-refractivity contribution in [3.63, 3.8) is 0 Å². The first-order chi connectivity index (χ1) is 11.0. The minimum absolute atomic E-state index is 0.220. The van der Waals surface area contributed by atoms with Gasteiger partial charge in [0.15, 0.2) is 5.69 Å². The average Bonchev–Trinajstić information content (AvgIpc) is 2.55. The number of nitrogens with zero attached hydrogens (tertiary/aromatic N) is 2. The van der Waals surface area contributed by atoms with Crippen molar-refractivity contribution < 1.29 is 14.3 Å². The van der Waals surface area contributed by atoms with Gasteiger partial charge in [-0.15, -0.1) is 10.2 Å². The van der Waals surface area contributed by atoms with Crippen LogP contribution in [0.15, 0.2) is 30.3 Å². The second-order valence-electron chi connectivity index (χ2n) is 5.12. The van der Waals surface area contributed by atoms with E-state index in [0.717, 1.165) is 0 Å². The summed E-state index contributed by atoms with van der Waals surface area (Å²) < 4.78 is 10.4. The molecule has 2 rings (SSSR count). The van der Waals surface area contributed by atoms with Gasteiger partial charge in [-0.2, -0.15) is 0 Å². The molecule has 0 atom stereocenters.